The van der Waals surface area contributed by atoms with Gasteiger partial charge in [0.1, 0.15) is 0 Å². The van der Waals surface area contributed by atoms with Gasteiger partial charge in [-0.3, -0.25) is 4.79 Å². The molecule has 2 aromatic rings. The monoisotopic (exact) mass is 366 g/mol. The van der Waals surface area contributed by atoms with E-state index in [9.17, 15) is 4.79 Å². The summed E-state index contributed by atoms with van der Waals surface area (Å²) in [5.41, 5.74) is 6.68. The van der Waals surface area contributed by atoms with Crippen molar-refractivity contribution < 1.29 is 9.53 Å². The van der Waals surface area contributed by atoms with Crippen molar-refractivity contribution in [2.45, 2.75) is 33.6 Å². The van der Waals surface area contributed by atoms with E-state index in [4.69, 9.17) is 4.74 Å². The fourth-order valence-electron chi connectivity index (χ4n) is 3.82. The van der Waals surface area contributed by atoms with E-state index in [-0.39, 0.29) is 5.91 Å². The van der Waals surface area contributed by atoms with Crippen LogP contribution in [-0.2, 0) is 11.2 Å². The number of morpholine rings is 1. The number of nitrogens with zero attached hydrogens (tertiary/aromatic N) is 1. The molecule has 3 rings (SSSR count). The third-order valence-corrected chi connectivity index (χ3v) is 5.14. The Labute approximate surface area is 162 Å². The topological polar surface area (TPSA) is 41.6 Å². The SMILES string of the molecule is Cc1cc(C)c(C(=O)NCCCc2ccc(N3CCOCC3)cc2)c(C)c1. The van der Waals surface area contributed by atoms with Gasteiger partial charge in [-0.15, -0.1) is 0 Å². The minimum atomic E-state index is 0.0349. The van der Waals surface area contributed by atoms with Crippen LogP contribution in [0.5, 0.6) is 0 Å². The first-order valence-electron chi connectivity index (χ1n) is 9.82. The number of amides is 1. The molecule has 0 spiro atoms. The lowest BCUT2D eigenvalue weighted by Gasteiger charge is -2.28. The predicted octanol–water partition coefficient (Wildman–Crippen LogP) is 3.81. The predicted molar refractivity (Wildman–Crippen MR) is 111 cm³/mol. The van der Waals surface area contributed by atoms with Gasteiger partial charge in [0.15, 0.2) is 0 Å². The van der Waals surface area contributed by atoms with Crippen LogP contribution in [0.25, 0.3) is 0 Å². The van der Waals surface area contributed by atoms with Crippen LogP contribution in [-0.4, -0.2) is 38.8 Å². The quantitative estimate of drug-likeness (QED) is 0.791. The van der Waals surface area contributed by atoms with Crippen LogP contribution in [0.4, 0.5) is 5.69 Å². The van der Waals surface area contributed by atoms with Crippen molar-refractivity contribution in [2.24, 2.45) is 0 Å². The molecule has 0 unspecified atom stereocenters. The Hall–Kier alpha value is -2.33. The van der Waals surface area contributed by atoms with E-state index in [2.05, 4.69) is 53.5 Å². The van der Waals surface area contributed by atoms with E-state index in [0.717, 1.165) is 55.8 Å². The van der Waals surface area contributed by atoms with E-state index in [0.29, 0.717) is 6.54 Å². The van der Waals surface area contributed by atoms with Gasteiger partial charge >= 0.3 is 0 Å². The van der Waals surface area contributed by atoms with Crippen molar-refractivity contribution in [3.05, 3.63) is 64.2 Å². The van der Waals surface area contributed by atoms with Crippen LogP contribution in [0.1, 0.15) is 39.0 Å². The molecular formula is C23H30N2O2. The third-order valence-electron chi connectivity index (χ3n) is 5.14. The summed E-state index contributed by atoms with van der Waals surface area (Å²) in [4.78, 5) is 14.9. The Morgan fingerprint density at radius 2 is 1.67 bits per heavy atom. The van der Waals surface area contributed by atoms with Crippen molar-refractivity contribution in [3.8, 4) is 0 Å². The maximum atomic E-state index is 12.5. The zero-order valence-electron chi connectivity index (χ0n) is 16.7. The summed E-state index contributed by atoms with van der Waals surface area (Å²) in [6.07, 6.45) is 1.90. The van der Waals surface area contributed by atoms with Crippen molar-refractivity contribution in [1.82, 2.24) is 5.32 Å². The normalized spacial score (nSPS) is 14.3. The number of hydrogen-bond donors (Lipinski definition) is 1. The summed E-state index contributed by atoms with van der Waals surface area (Å²) in [6.45, 7) is 10.3. The average molecular weight is 367 g/mol. The van der Waals surface area contributed by atoms with Gasteiger partial charge in [0.25, 0.3) is 5.91 Å². The lowest BCUT2D eigenvalue weighted by Crippen LogP contribution is -2.36. The lowest BCUT2D eigenvalue weighted by molar-refractivity contribution is 0.0952. The molecule has 4 nitrogen and oxygen atoms in total. The fraction of sp³-hybridized carbons (Fsp3) is 0.435. The largest absolute Gasteiger partial charge is 0.378 e. The first kappa shape index (κ1) is 19.4. The van der Waals surface area contributed by atoms with Gasteiger partial charge in [0.05, 0.1) is 13.2 Å². The minimum Gasteiger partial charge on any atom is -0.378 e. The van der Waals surface area contributed by atoms with Gasteiger partial charge < -0.3 is 15.0 Å². The number of carbonyl (C=O) groups is 1. The summed E-state index contributed by atoms with van der Waals surface area (Å²) in [6, 6.07) is 12.9. The van der Waals surface area contributed by atoms with Gasteiger partial charge in [-0.05, 0) is 62.4 Å². The maximum absolute atomic E-state index is 12.5. The molecule has 0 bridgehead atoms. The highest BCUT2D eigenvalue weighted by Gasteiger charge is 2.13. The van der Waals surface area contributed by atoms with Crippen molar-refractivity contribution in [2.75, 3.05) is 37.7 Å². The Morgan fingerprint density at radius 1 is 1.04 bits per heavy atom. The molecule has 1 saturated heterocycles. The highest BCUT2D eigenvalue weighted by molar-refractivity contribution is 5.97. The smallest absolute Gasteiger partial charge is 0.251 e. The molecule has 0 saturated carbocycles. The van der Waals surface area contributed by atoms with Crippen molar-refractivity contribution in [1.29, 1.82) is 0 Å². The van der Waals surface area contributed by atoms with E-state index in [1.807, 2.05) is 13.8 Å². The summed E-state index contributed by atoms with van der Waals surface area (Å²) in [7, 11) is 0. The highest BCUT2D eigenvalue weighted by atomic mass is 16.5. The second-order valence-corrected chi connectivity index (χ2v) is 7.40. The molecule has 1 amide bonds. The molecule has 1 aliphatic rings. The zero-order valence-corrected chi connectivity index (χ0v) is 16.7. The first-order valence-corrected chi connectivity index (χ1v) is 9.82. The van der Waals surface area contributed by atoms with Crippen LogP contribution in [0, 0.1) is 20.8 Å². The summed E-state index contributed by atoms with van der Waals surface area (Å²) >= 11 is 0. The van der Waals surface area contributed by atoms with Crippen molar-refractivity contribution in [3.63, 3.8) is 0 Å². The summed E-state index contributed by atoms with van der Waals surface area (Å²) < 4.78 is 5.41. The summed E-state index contributed by atoms with van der Waals surface area (Å²) in [5.74, 6) is 0.0349. The Kier molecular flexibility index (Phi) is 6.51. The molecule has 27 heavy (non-hydrogen) atoms. The van der Waals surface area contributed by atoms with Crippen LogP contribution < -0.4 is 10.2 Å². The summed E-state index contributed by atoms with van der Waals surface area (Å²) in [5, 5.41) is 3.07. The fourth-order valence-corrected chi connectivity index (χ4v) is 3.82. The number of benzene rings is 2. The number of ether oxygens (including phenoxy) is 1. The van der Waals surface area contributed by atoms with E-state index in [1.165, 1.54) is 16.8 Å². The van der Waals surface area contributed by atoms with Crippen molar-refractivity contribution >= 4 is 11.6 Å². The van der Waals surface area contributed by atoms with Crippen LogP contribution in [0.3, 0.4) is 0 Å². The second-order valence-electron chi connectivity index (χ2n) is 7.40. The van der Waals surface area contributed by atoms with E-state index >= 15 is 0 Å². The number of rotatable bonds is 6. The number of nitrogens with one attached hydrogen (secondary N) is 1. The second kappa shape index (κ2) is 9.05. The number of anilines is 1. The standard InChI is InChI=1S/C23H30N2O2/c1-17-15-18(2)22(19(3)16-17)23(26)24-10-4-5-20-6-8-21(9-7-20)25-11-13-27-14-12-25/h6-9,15-16H,4-5,10-14H2,1-3H3,(H,24,26). The van der Waals surface area contributed by atoms with Gasteiger partial charge in [-0.2, -0.15) is 0 Å². The minimum absolute atomic E-state index is 0.0349. The molecule has 0 aliphatic carbocycles. The van der Waals surface area contributed by atoms with E-state index < -0.39 is 0 Å². The first-order chi connectivity index (χ1) is 13.0. The molecule has 1 fully saturated rings. The van der Waals surface area contributed by atoms with Crippen LogP contribution >= 0.6 is 0 Å². The third kappa shape index (κ3) is 5.10. The molecule has 0 atom stereocenters. The molecule has 0 radical (unpaired) electrons. The average Bonchev–Trinajstić information content (AvgIpc) is 2.65. The molecule has 1 heterocycles. The van der Waals surface area contributed by atoms with E-state index in [1.54, 1.807) is 0 Å². The van der Waals surface area contributed by atoms with Gasteiger partial charge in [0, 0.05) is 30.9 Å². The number of carbonyl (C=O) groups excluding carboxylic acids is 1. The number of hydrogen-bond acceptors (Lipinski definition) is 3. The van der Waals surface area contributed by atoms with Crippen LogP contribution in [0.2, 0.25) is 0 Å². The zero-order chi connectivity index (χ0) is 19.2. The van der Waals surface area contributed by atoms with Gasteiger partial charge in [-0.25, -0.2) is 0 Å². The Morgan fingerprint density at radius 3 is 2.30 bits per heavy atom. The molecule has 1 N–H and O–H groups in total. The maximum Gasteiger partial charge on any atom is 0.251 e. The van der Waals surface area contributed by atoms with Gasteiger partial charge in [-0.1, -0.05) is 29.8 Å². The molecule has 2 aromatic carbocycles. The Balaban J connectivity index is 1.47. The lowest BCUT2D eigenvalue weighted by atomic mass is 9.99. The molecule has 0 aromatic heterocycles. The molecule has 1 aliphatic heterocycles. The van der Waals surface area contributed by atoms with Gasteiger partial charge in [0.2, 0.25) is 0 Å². The molecule has 144 valence electrons. The Bertz CT molecular complexity index is 754. The number of aryl methyl sites for hydroxylation is 4. The molecular weight excluding hydrogens is 336 g/mol. The van der Waals surface area contributed by atoms with Crippen LogP contribution in [0.15, 0.2) is 36.4 Å². The highest BCUT2D eigenvalue weighted by Crippen LogP contribution is 2.18. The molecule has 4 heteroatoms.